The van der Waals surface area contributed by atoms with Crippen molar-refractivity contribution >= 4 is 40.3 Å². The summed E-state index contributed by atoms with van der Waals surface area (Å²) >= 11 is 8.14. The van der Waals surface area contributed by atoms with E-state index in [1.165, 1.54) is 3.57 Å². The molecule has 5 heteroatoms. The highest BCUT2D eigenvalue weighted by atomic mass is 127. The third kappa shape index (κ3) is 3.49. The second-order valence-corrected chi connectivity index (χ2v) is 6.61. The summed E-state index contributed by atoms with van der Waals surface area (Å²) in [5, 5.41) is 0.679. The van der Waals surface area contributed by atoms with Gasteiger partial charge in [-0.05, 0) is 58.0 Å². The maximum atomic E-state index is 12.0. The Labute approximate surface area is 142 Å². The zero-order valence-electron chi connectivity index (χ0n) is 11.1. The number of hydrogen-bond acceptors (Lipinski definition) is 2. The van der Waals surface area contributed by atoms with E-state index in [0.29, 0.717) is 18.1 Å². The van der Waals surface area contributed by atoms with E-state index in [2.05, 4.69) is 22.6 Å². The van der Waals surface area contributed by atoms with Crippen molar-refractivity contribution in [3.8, 4) is 0 Å². The van der Waals surface area contributed by atoms with Gasteiger partial charge in [-0.3, -0.25) is 4.90 Å². The number of hydrogen-bond donors (Lipinski definition) is 0. The van der Waals surface area contributed by atoms with E-state index in [0.717, 1.165) is 11.1 Å². The van der Waals surface area contributed by atoms with Gasteiger partial charge in [0.05, 0.1) is 6.54 Å². The van der Waals surface area contributed by atoms with Crippen molar-refractivity contribution in [1.82, 2.24) is 4.90 Å². The van der Waals surface area contributed by atoms with Crippen molar-refractivity contribution in [2.45, 2.75) is 12.6 Å². The van der Waals surface area contributed by atoms with Gasteiger partial charge in [0.25, 0.3) is 0 Å². The molecule has 1 saturated heterocycles. The molecule has 2 aromatic rings. The summed E-state index contributed by atoms with van der Waals surface area (Å²) in [6, 6.07) is 15.6. The molecule has 1 atom stereocenters. The van der Waals surface area contributed by atoms with Crippen molar-refractivity contribution in [3.05, 3.63) is 68.3 Å². The Morgan fingerprint density at radius 3 is 2.48 bits per heavy atom. The maximum Gasteiger partial charge on any atom is 0.410 e. The van der Waals surface area contributed by atoms with E-state index in [-0.39, 0.29) is 12.2 Å². The second-order valence-electron chi connectivity index (χ2n) is 4.93. The first-order valence-electron chi connectivity index (χ1n) is 6.57. The van der Waals surface area contributed by atoms with Gasteiger partial charge in [0, 0.05) is 15.1 Å². The normalized spacial score (nSPS) is 17.9. The van der Waals surface area contributed by atoms with Crippen LogP contribution in [0.25, 0.3) is 0 Å². The number of halogens is 2. The summed E-state index contributed by atoms with van der Waals surface area (Å²) in [5.41, 5.74) is 2.07. The first-order valence-corrected chi connectivity index (χ1v) is 8.03. The van der Waals surface area contributed by atoms with Gasteiger partial charge in [0.2, 0.25) is 0 Å². The van der Waals surface area contributed by atoms with Gasteiger partial charge in [-0.15, -0.1) is 0 Å². The van der Waals surface area contributed by atoms with E-state index in [1.54, 1.807) is 4.90 Å². The Morgan fingerprint density at radius 2 is 1.81 bits per heavy atom. The molecule has 1 unspecified atom stereocenters. The molecule has 1 aliphatic heterocycles. The van der Waals surface area contributed by atoms with Crippen LogP contribution in [0.5, 0.6) is 0 Å². The SMILES string of the molecule is O=C1OC(c2ccc(Cl)cc2)CN1Cc1ccc(I)cc1. The smallest absolute Gasteiger partial charge is 0.410 e. The Hall–Kier alpha value is -1.27. The lowest BCUT2D eigenvalue weighted by Crippen LogP contribution is -2.23. The number of rotatable bonds is 3. The van der Waals surface area contributed by atoms with Gasteiger partial charge in [0.15, 0.2) is 0 Å². The molecule has 1 fully saturated rings. The van der Waals surface area contributed by atoms with Crippen LogP contribution in [0.15, 0.2) is 48.5 Å². The minimum Gasteiger partial charge on any atom is -0.439 e. The van der Waals surface area contributed by atoms with E-state index in [9.17, 15) is 4.79 Å². The number of carbonyl (C=O) groups is 1. The molecule has 3 rings (SSSR count). The molecule has 0 radical (unpaired) electrons. The highest BCUT2D eigenvalue weighted by molar-refractivity contribution is 14.1. The van der Waals surface area contributed by atoms with Gasteiger partial charge in [0.1, 0.15) is 6.10 Å². The molecule has 21 heavy (non-hydrogen) atoms. The number of nitrogens with zero attached hydrogens (tertiary/aromatic N) is 1. The van der Waals surface area contributed by atoms with Crippen LogP contribution in [0.4, 0.5) is 4.79 Å². The largest absolute Gasteiger partial charge is 0.439 e. The lowest BCUT2D eigenvalue weighted by atomic mass is 10.1. The highest BCUT2D eigenvalue weighted by Gasteiger charge is 2.32. The van der Waals surface area contributed by atoms with E-state index >= 15 is 0 Å². The molecule has 0 N–H and O–H groups in total. The molecule has 108 valence electrons. The van der Waals surface area contributed by atoms with Crippen LogP contribution in [0.3, 0.4) is 0 Å². The van der Waals surface area contributed by atoms with Gasteiger partial charge < -0.3 is 4.74 Å². The molecule has 0 bridgehead atoms. The summed E-state index contributed by atoms with van der Waals surface area (Å²) < 4.78 is 6.62. The van der Waals surface area contributed by atoms with Crippen LogP contribution in [0, 0.1) is 3.57 Å². The van der Waals surface area contributed by atoms with Crippen LogP contribution < -0.4 is 0 Å². The number of carbonyl (C=O) groups excluding carboxylic acids is 1. The number of ether oxygens (including phenoxy) is 1. The fourth-order valence-corrected chi connectivity index (χ4v) is 2.78. The van der Waals surface area contributed by atoms with Crippen LogP contribution in [-0.4, -0.2) is 17.5 Å². The summed E-state index contributed by atoms with van der Waals surface area (Å²) in [5.74, 6) is 0. The first-order chi connectivity index (χ1) is 10.1. The molecule has 0 spiro atoms. The third-order valence-corrected chi connectivity index (χ3v) is 4.39. The maximum absolute atomic E-state index is 12.0. The predicted molar refractivity (Wildman–Crippen MR) is 90.2 cm³/mol. The third-order valence-electron chi connectivity index (χ3n) is 3.42. The zero-order valence-corrected chi connectivity index (χ0v) is 14.0. The second kappa shape index (κ2) is 6.23. The quantitative estimate of drug-likeness (QED) is 0.686. The van der Waals surface area contributed by atoms with Crippen LogP contribution >= 0.6 is 34.2 Å². The number of amides is 1. The zero-order chi connectivity index (χ0) is 14.8. The fourth-order valence-electron chi connectivity index (χ4n) is 2.30. The van der Waals surface area contributed by atoms with Gasteiger partial charge in [-0.2, -0.15) is 0 Å². The average molecular weight is 414 g/mol. The minimum atomic E-state index is -0.270. The van der Waals surface area contributed by atoms with E-state index in [1.807, 2.05) is 48.5 Å². The first kappa shape index (κ1) is 14.7. The number of benzene rings is 2. The lowest BCUT2D eigenvalue weighted by molar-refractivity contribution is 0.132. The standard InChI is InChI=1S/C16H13ClINO2/c17-13-5-3-12(4-6-13)15-10-19(16(20)21-15)9-11-1-7-14(18)8-2-11/h1-8,15H,9-10H2. The highest BCUT2D eigenvalue weighted by Crippen LogP contribution is 2.28. The Kier molecular flexibility index (Phi) is 4.35. The van der Waals surface area contributed by atoms with Crippen molar-refractivity contribution in [1.29, 1.82) is 0 Å². The molecule has 1 amide bonds. The van der Waals surface area contributed by atoms with E-state index in [4.69, 9.17) is 16.3 Å². The topological polar surface area (TPSA) is 29.5 Å². The van der Waals surface area contributed by atoms with Crippen LogP contribution in [0.1, 0.15) is 17.2 Å². The molecule has 1 aliphatic rings. The summed E-state index contributed by atoms with van der Waals surface area (Å²) in [6.45, 7) is 1.13. The molecular weight excluding hydrogens is 401 g/mol. The van der Waals surface area contributed by atoms with Crippen molar-refractivity contribution in [2.24, 2.45) is 0 Å². The monoisotopic (exact) mass is 413 g/mol. The lowest BCUT2D eigenvalue weighted by Gasteiger charge is -2.13. The van der Waals surface area contributed by atoms with Crippen LogP contribution in [-0.2, 0) is 11.3 Å². The van der Waals surface area contributed by atoms with Gasteiger partial charge >= 0.3 is 6.09 Å². The molecule has 0 aliphatic carbocycles. The predicted octanol–water partition coefficient (Wildman–Crippen LogP) is 4.64. The molecule has 0 aromatic heterocycles. The average Bonchev–Trinajstić information content (AvgIpc) is 2.83. The number of cyclic esters (lactones) is 1. The Bertz CT molecular complexity index is 642. The van der Waals surface area contributed by atoms with Crippen molar-refractivity contribution < 1.29 is 9.53 Å². The molecule has 1 heterocycles. The molecule has 0 saturated carbocycles. The minimum absolute atomic E-state index is 0.224. The van der Waals surface area contributed by atoms with Gasteiger partial charge in [-0.25, -0.2) is 4.79 Å². The summed E-state index contributed by atoms with van der Waals surface area (Å²) in [7, 11) is 0. The molecule has 3 nitrogen and oxygen atoms in total. The molecule has 2 aromatic carbocycles. The Balaban J connectivity index is 1.69. The summed E-state index contributed by atoms with van der Waals surface area (Å²) in [4.78, 5) is 13.7. The summed E-state index contributed by atoms with van der Waals surface area (Å²) in [6.07, 6.45) is -0.493. The van der Waals surface area contributed by atoms with Crippen LogP contribution in [0.2, 0.25) is 5.02 Å². The van der Waals surface area contributed by atoms with Crippen molar-refractivity contribution in [2.75, 3.05) is 6.54 Å². The van der Waals surface area contributed by atoms with Gasteiger partial charge in [-0.1, -0.05) is 35.9 Å². The Morgan fingerprint density at radius 1 is 1.14 bits per heavy atom. The van der Waals surface area contributed by atoms with Crippen molar-refractivity contribution in [3.63, 3.8) is 0 Å². The van der Waals surface area contributed by atoms with E-state index < -0.39 is 0 Å². The fraction of sp³-hybridized carbons (Fsp3) is 0.188. The molecular formula is C16H13ClINO2.